The topological polar surface area (TPSA) is 119 Å². The van der Waals surface area contributed by atoms with Crippen molar-refractivity contribution in [1.29, 1.82) is 0 Å². The van der Waals surface area contributed by atoms with Crippen molar-refractivity contribution in [3.8, 4) is 0 Å². The number of hydrogen-bond acceptors (Lipinski definition) is 6. The van der Waals surface area contributed by atoms with Gasteiger partial charge in [-0.05, 0) is 17.7 Å². The standard InChI is InChI=1S/C17H15FN2O6/c18-13-7-6-12(8-15(13)20(24)25)16(22)19-14(9-21)17(23)26-10-11-4-2-1-3-5-11/h1-8,14,21H,9-10H2,(H,19,22)/t14-/m0/s1. The van der Waals surface area contributed by atoms with Crippen molar-refractivity contribution in [1.82, 2.24) is 5.32 Å². The van der Waals surface area contributed by atoms with Gasteiger partial charge in [-0.2, -0.15) is 4.39 Å². The molecule has 0 fully saturated rings. The van der Waals surface area contributed by atoms with Crippen LogP contribution in [0.15, 0.2) is 48.5 Å². The van der Waals surface area contributed by atoms with E-state index in [0.717, 1.165) is 23.8 Å². The zero-order valence-electron chi connectivity index (χ0n) is 13.4. The molecular weight excluding hydrogens is 347 g/mol. The van der Waals surface area contributed by atoms with Crippen molar-refractivity contribution in [3.05, 3.63) is 75.6 Å². The average molecular weight is 362 g/mol. The quantitative estimate of drug-likeness (QED) is 0.438. The number of carbonyl (C=O) groups excluding carboxylic acids is 2. The van der Waals surface area contributed by atoms with E-state index in [-0.39, 0.29) is 12.2 Å². The molecule has 0 aliphatic heterocycles. The van der Waals surface area contributed by atoms with Gasteiger partial charge in [0.1, 0.15) is 6.61 Å². The molecule has 2 aromatic carbocycles. The van der Waals surface area contributed by atoms with E-state index in [1.54, 1.807) is 30.3 Å². The summed E-state index contributed by atoms with van der Waals surface area (Å²) < 4.78 is 18.3. The molecule has 136 valence electrons. The van der Waals surface area contributed by atoms with Crippen LogP contribution in [-0.4, -0.2) is 34.6 Å². The molecule has 0 aliphatic rings. The van der Waals surface area contributed by atoms with Crippen LogP contribution in [-0.2, 0) is 16.1 Å². The SMILES string of the molecule is O=C(N[C@@H](CO)C(=O)OCc1ccccc1)c1ccc(F)c([N+](=O)[O-])c1. The van der Waals surface area contributed by atoms with Gasteiger partial charge in [0, 0.05) is 11.6 Å². The first-order chi connectivity index (χ1) is 12.4. The number of benzene rings is 2. The molecular formula is C17H15FN2O6. The molecule has 2 N–H and O–H groups in total. The van der Waals surface area contributed by atoms with Crippen LogP contribution in [0.3, 0.4) is 0 Å². The summed E-state index contributed by atoms with van der Waals surface area (Å²) in [5, 5.41) is 22.2. The Balaban J connectivity index is 2.02. The summed E-state index contributed by atoms with van der Waals surface area (Å²) in [6, 6.07) is 9.96. The van der Waals surface area contributed by atoms with Crippen molar-refractivity contribution in [2.24, 2.45) is 0 Å². The Bertz CT molecular complexity index is 812. The lowest BCUT2D eigenvalue weighted by Crippen LogP contribution is -2.44. The first-order valence-electron chi connectivity index (χ1n) is 7.48. The van der Waals surface area contributed by atoms with Crippen LogP contribution >= 0.6 is 0 Å². The fourth-order valence-corrected chi connectivity index (χ4v) is 2.04. The number of nitro groups is 1. The largest absolute Gasteiger partial charge is 0.459 e. The van der Waals surface area contributed by atoms with Gasteiger partial charge in [0.2, 0.25) is 5.82 Å². The number of carbonyl (C=O) groups is 2. The third-order valence-corrected chi connectivity index (χ3v) is 3.40. The highest BCUT2D eigenvalue weighted by molar-refractivity contribution is 5.97. The number of amides is 1. The molecule has 0 aromatic heterocycles. The fourth-order valence-electron chi connectivity index (χ4n) is 2.04. The van der Waals surface area contributed by atoms with Gasteiger partial charge in [0.25, 0.3) is 5.91 Å². The predicted octanol–water partition coefficient (Wildman–Crippen LogP) is 1.57. The van der Waals surface area contributed by atoms with Crippen LogP contribution in [0.25, 0.3) is 0 Å². The summed E-state index contributed by atoms with van der Waals surface area (Å²) in [5.41, 5.74) is -0.379. The second-order valence-electron chi connectivity index (χ2n) is 5.23. The van der Waals surface area contributed by atoms with Gasteiger partial charge in [-0.1, -0.05) is 30.3 Å². The highest BCUT2D eigenvalue weighted by Gasteiger charge is 2.24. The van der Waals surface area contributed by atoms with E-state index >= 15 is 0 Å². The molecule has 9 heteroatoms. The Morgan fingerprint density at radius 3 is 2.54 bits per heavy atom. The maximum atomic E-state index is 13.3. The lowest BCUT2D eigenvalue weighted by molar-refractivity contribution is -0.387. The highest BCUT2D eigenvalue weighted by Crippen LogP contribution is 2.18. The van der Waals surface area contributed by atoms with Gasteiger partial charge < -0.3 is 15.2 Å². The Labute approximate surface area is 147 Å². The van der Waals surface area contributed by atoms with Gasteiger partial charge in [0.05, 0.1) is 11.5 Å². The van der Waals surface area contributed by atoms with Crippen molar-refractivity contribution in [3.63, 3.8) is 0 Å². The maximum absolute atomic E-state index is 13.3. The number of aliphatic hydroxyl groups excluding tert-OH is 1. The van der Waals surface area contributed by atoms with Crippen LogP contribution in [0, 0.1) is 15.9 Å². The van der Waals surface area contributed by atoms with Crippen LogP contribution in [0.2, 0.25) is 0 Å². The molecule has 0 saturated heterocycles. The van der Waals surface area contributed by atoms with Crippen molar-refractivity contribution >= 4 is 17.6 Å². The molecule has 0 heterocycles. The molecule has 2 rings (SSSR count). The number of rotatable bonds is 7. The average Bonchev–Trinajstić information content (AvgIpc) is 2.64. The molecule has 0 unspecified atom stereocenters. The number of halogens is 1. The summed E-state index contributed by atoms with van der Waals surface area (Å²) in [6.45, 7) is -0.781. The Kier molecular flexibility index (Phi) is 6.34. The number of esters is 1. The molecule has 0 saturated carbocycles. The van der Waals surface area contributed by atoms with Gasteiger partial charge >= 0.3 is 11.7 Å². The van der Waals surface area contributed by atoms with E-state index in [4.69, 9.17) is 4.74 Å². The fraction of sp³-hybridized carbons (Fsp3) is 0.176. The lowest BCUT2D eigenvalue weighted by atomic mass is 10.1. The summed E-state index contributed by atoms with van der Waals surface area (Å²) >= 11 is 0. The van der Waals surface area contributed by atoms with E-state index < -0.39 is 41.0 Å². The van der Waals surface area contributed by atoms with E-state index in [1.165, 1.54) is 0 Å². The number of aliphatic hydroxyl groups is 1. The van der Waals surface area contributed by atoms with Crippen LogP contribution in [0.1, 0.15) is 15.9 Å². The van der Waals surface area contributed by atoms with E-state index in [1.807, 2.05) is 0 Å². The Morgan fingerprint density at radius 2 is 1.92 bits per heavy atom. The van der Waals surface area contributed by atoms with Crippen LogP contribution < -0.4 is 5.32 Å². The lowest BCUT2D eigenvalue weighted by Gasteiger charge is -2.15. The van der Waals surface area contributed by atoms with E-state index in [2.05, 4.69) is 5.32 Å². The number of ether oxygens (including phenoxy) is 1. The molecule has 8 nitrogen and oxygen atoms in total. The molecule has 0 radical (unpaired) electrons. The normalized spacial score (nSPS) is 11.5. The predicted molar refractivity (Wildman–Crippen MR) is 87.6 cm³/mol. The second kappa shape index (κ2) is 8.67. The summed E-state index contributed by atoms with van der Waals surface area (Å²) in [6.07, 6.45) is 0. The van der Waals surface area contributed by atoms with Crippen LogP contribution in [0.5, 0.6) is 0 Å². The number of nitrogens with one attached hydrogen (secondary N) is 1. The third-order valence-electron chi connectivity index (χ3n) is 3.40. The third kappa shape index (κ3) is 4.84. The zero-order valence-corrected chi connectivity index (χ0v) is 13.4. The monoisotopic (exact) mass is 362 g/mol. The molecule has 2 aromatic rings. The van der Waals surface area contributed by atoms with Gasteiger partial charge in [-0.15, -0.1) is 0 Å². The minimum atomic E-state index is -1.37. The first kappa shape index (κ1) is 19.0. The van der Waals surface area contributed by atoms with E-state index in [0.29, 0.717) is 0 Å². The number of nitro benzene ring substituents is 1. The van der Waals surface area contributed by atoms with Gasteiger partial charge in [0.15, 0.2) is 6.04 Å². The molecule has 0 bridgehead atoms. The minimum Gasteiger partial charge on any atom is -0.459 e. The summed E-state index contributed by atoms with van der Waals surface area (Å²) in [4.78, 5) is 33.8. The van der Waals surface area contributed by atoms with Gasteiger partial charge in [-0.25, -0.2) is 4.79 Å². The summed E-state index contributed by atoms with van der Waals surface area (Å²) in [5.74, 6) is -2.85. The molecule has 1 atom stereocenters. The molecule has 0 aliphatic carbocycles. The highest BCUT2D eigenvalue weighted by atomic mass is 19.1. The minimum absolute atomic E-state index is 0.0476. The summed E-state index contributed by atoms with van der Waals surface area (Å²) in [7, 11) is 0. The number of nitrogens with zero attached hydrogens (tertiary/aromatic N) is 1. The van der Waals surface area contributed by atoms with Crippen molar-refractivity contribution in [2.75, 3.05) is 6.61 Å². The molecule has 1 amide bonds. The van der Waals surface area contributed by atoms with Gasteiger partial charge in [-0.3, -0.25) is 14.9 Å². The first-order valence-corrected chi connectivity index (χ1v) is 7.48. The van der Waals surface area contributed by atoms with Crippen LogP contribution in [0.4, 0.5) is 10.1 Å². The molecule has 26 heavy (non-hydrogen) atoms. The maximum Gasteiger partial charge on any atom is 0.331 e. The molecule has 0 spiro atoms. The van der Waals surface area contributed by atoms with E-state index in [9.17, 15) is 29.2 Å². The van der Waals surface area contributed by atoms with Crippen molar-refractivity contribution in [2.45, 2.75) is 12.6 Å². The Hall–Kier alpha value is -3.33. The second-order valence-corrected chi connectivity index (χ2v) is 5.23. The van der Waals surface area contributed by atoms with Crippen molar-refractivity contribution < 1.29 is 28.7 Å². The Morgan fingerprint density at radius 1 is 1.23 bits per heavy atom. The number of hydrogen-bond donors (Lipinski definition) is 2. The smallest absolute Gasteiger partial charge is 0.331 e. The zero-order chi connectivity index (χ0) is 19.1.